The van der Waals surface area contributed by atoms with Crippen molar-refractivity contribution >= 4 is 23.3 Å². The van der Waals surface area contributed by atoms with Gasteiger partial charge in [-0.2, -0.15) is 0 Å². The van der Waals surface area contributed by atoms with E-state index in [-0.39, 0.29) is 30.6 Å². The Hall–Kier alpha value is -2.58. The highest BCUT2D eigenvalue weighted by Gasteiger charge is 2.35. The molecule has 1 aromatic heterocycles. The van der Waals surface area contributed by atoms with Crippen LogP contribution in [-0.4, -0.2) is 66.2 Å². The first-order valence-electron chi connectivity index (χ1n) is 12.8. The number of amides is 3. The van der Waals surface area contributed by atoms with Gasteiger partial charge in [-0.1, -0.05) is 17.7 Å². The Bertz CT molecular complexity index is 1070. The molecule has 2 aliphatic rings. The van der Waals surface area contributed by atoms with Gasteiger partial charge in [0.15, 0.2) is 0 Å². The minimum absolute atomic E-state index is 0.0152. The van der Waals surface area contributed by atoms with Crippen LogP contribution in [0.4, 0.5) is 4.79 Å². The van der Waals surface area contributed by atoms with Crippen molar-refractivity contribution in [1.82, 2.24) is 15.1 Å². The molecular formula is C28H39N3O4S. The molecule has 0 saturated carbocycles. The summed E-state index contributed by atoms with van der Waals surface area (Å²) in [6.07, 6.45) is 2.68. The fraction of sp³-hybridized carbons (Fsp3) is 0.571. The van der Waals surface area contributed by atoms with Crippen LogP contribution in [0.15, 0.2) is 29.6 Å². The van der Waals surface area contributed by atoms with Crippen LogP contribution in [0.1, 0.15) is 61.2 Å². The zero-order chi connectivity index (χ0) is 25.9. The number of ether oxygens (including phenoxy) is 2. The molecule has 2 atom stereocenters. The van der Waals surface area contributed by atoms with Crippen LogP contribution in [0.2, 0.25) is 0 Å². The van der Waals surface area contributed by atoms with Gasteiger partial charge in [0.2, 0.25) is 5.91 Å². The molecule has 1 saturated heterocycles. The van der Waals surface area contributed by atoms with E-state index in [1.54, 1.807) is 16.2 Å². The molecule has 3 amide bonds. The lowest BCUT2D eigenvalue weighted by atomic mass is 10.00. The number of thiophene rings is 1. The van der Waals surface area contributed by atoms with E-state index < -0.39 is 5.54 Å². The van der Waals surface area contributed by atoms with Gasteiger partial charge < -0.3 is 24.6 Å². The topological polar surface area (TPSA) is 71.1 Å². The van der Waals surface area contributed by atoms with Crippen LogP contribution in [0, 0.1) is 13.8 Å². The Morgan fingerprint density at radius 3 is 2.75 bits per heavy atom. The van der Waals surface area contributed by atoms with Gasteiger partial charge in [-0.25, -0.2) is 4.79 Å². The molecule has 7 nitrogen and oxygen atoms in total. The molecule has 2 aliphatic heterocycles. The number of urea groups is 1. The molecule has 0 spiro atoms. The first-order valence-corrected chi connectivity index (χ1v) is 13.7. The number of hydrogen-bond donors (Lipinski definition) is 1. The molecule has 3 heterocycles. The van der Waals surface area contributed by atoms with Crippen molar-refractivity contribution in [2.45, 2.75) is 71.6 Å². The fourth-order valence-corrected chi connectivity index (χ4v) is 5.84. The van der Waals surface area contributed by atoms with Gasteiger partial charge in [0, 0.05) is 30.1 Å². The minimum Gasteiger partial charge on any atom is -0.491 e. The standard InChI is InChI=1S/C28H39N3O4S/c1-19-8-9-24(20(2)15-19)35-18-23-22-11-14-36-25(22)10-12-31(23)26(32)17-30(16-21-7-6-13-34-21)27(33)29-28(3,4)5/h8-9,11,14-15,21,23H,6-7,10,12-13,16-18H2,1-5H3,(H,29,33)/t21-,23+/m1/s1. The van der Waals surface area contributed by atoms with Gasteiger partial charge in [-0.05, 0) is 82.5 Å². The number of carbonyl (C=O) groups is 2. The summed E-state index contributed by atoms with van der Waals surface area (Å²) in [7, 11) is 0. The van der Waals surface area contributed by atoms with Gasteiger partial charge in [0.05, 0.1) is 12.1 Å². The second kappa shape index (κ2) is 11.2. The summed E-state index contributed by atoms with van der Waals surface area (Å²) in [6, 6.07) is 7.82. The molecule has 1 aromatic carbocycles. The van der Waals surface area contributed by atoms with Gasteiger partial charge >= 0.3 is 6.03 Å². The maximum Gasteiger partial charge on any atom is 0.318 e. The number of nitrogens with one attached hydrogen (secondary N) is 1. The third kappa shape index (κ3) is 6.59. The van der Waals surface area contributed by atoms with Crippen molar-refractivity contribution < 1.29 is 19.1 Å². The van der Waals surface area contributed by atoms with Crippen molar-refractivity contribution in [3.8, 4) is 5.75 Å². The van der Waals surface area contributed by atoms with Crippen molar-refractivity contribution in [3.05, 3.63) is 51.2 Å². The van der Waals surface area contributed by atoms with E-state index in [2.05, 4.69) is 29.8 Å². The van der Waals surface area contributed by atoms with E-state index >= 15 is 0 Å². The molecule has 196 valence electrons. The van der Waals surface area contributed by atoms with Gasteiger partial charge in [0.25, 0.3) is 0 Å². The van der Waals surface area contributed by atoms with Gasteiger partial charge in [0.1, 0.15) is 18.9 Å². The first kappa shape index (κ1) is 26.5. The number of nitrogens with zero attached hydrogens (tertiary/aromatic N) is 2. The number of fused-ring (bicyclic) bond motifs is 1. The Balaban J connectivity index is 1.51. The number of hydrogen-bond acceptors (Lipinski definition) is 5. The average Bonchev–Trinajstić information content (AvgIpc) is 3.48. The first-order chi connectivity index (χ1) is 17.1. The maximum atomic E-state index is 13.7. The third-order valence-electron chi connectivity index (χ3n) is 6.69. The Kier molecular flexibility index (Phi) is 8.25. The summed E-state index contributed by atoms with van der Waals surface area (Å²) in [5.74, 6) is 0.767. The van der Waals surface area contributed by atoms with Crippen LogP contribution >= 0.6 is 11.3 Å². The minimum atomic E-state index is -0.395. The molecule has 0 aliphatic carbocycles. The number of carbonyl (C=O) groups excluding carboxylic acids is 2. The molecule has 8 heteroatoms. The maximum absolute atomic E-state index is 13.7. The molecule has 4 rings (SSSR count). The van der Waals surface area contributed by atoms with E-state index in [0.29, 0.717) is 26.3 Å². The van der Waals surface area contributed by atoms with E-state index in [1.807, 2.05) is 44.7 Å². The van der Waals surface area contributed by atoms with Crippen molar-refractivity contribution in [2.75, 3.05) is 32.8 Å². The molecule has 0 unspecified atom stereocenters. The lowest BCUT2D eigenvalue weighted by molar-refractivity contribution is -0.135. The highest BCUT2D eigenvalue weighted by atomic mass is 32.1. The summed E-state index contributed by atoms with van der Waals surface area (Å²) in [6.45, 7) is 12.1. The zero-order valence-corrected chi connectivity index (χ0v) is 23.0. The lowest BCUT2D eigenvalue weighted by Gasteiger charge is -2.38. The fourth-order valence-electron chi connectivity index (χ4n) is 4.91. The monoisotopic (exact) mass is 513 g/mol. The SMILES string of the molecule is Cc1ccc(OC[C@H]2c3ccsc3CCN2C(=O)CN(C[C@H]2CCCO2)C(=O)NC(C)(C)C)c(C)c1. The molecule has 0 radical (unpaired) electrons. The third-order valence-corrected chi connectivity index (χ3v) is 7.68. The van der Waals surface area contributed by atoms with Crippen LogP contribution in [0.25, 0.3) is 0 Å². The van der Waals surface area contributed by atoms with E-state index in [1.165, 1.54) is 10.4 Å². The Morgan fingerprint density at radius 1 is 1.25 bits per heavy atom. The quantitative estimate of drug-likeness (QED) is 0.574. The Morgan fingerprint density at radius 2 is 2.06 bits per heavy atom. The smallest absolute Gasteiger partial charge is 0.318 e. The molecule has 2 aromatic rings. The molecule has 1 fully saturated rings. The number of aryl methyl sites for hydroxylation is 2. The number of benzene rings is 1. The second-order valence-corrected chi connectivity index (χ2v) is 11.9. The highest BCUT2D eigenvalue weighted by molar-refractivity contribution is 7.10. The Labute approximate surface area is 218 Å². The van der Waals surface area contributed by atoms with E-state index in [0.717, 1.165) is 36.1 Å². The molecule has 0 bridgehead atoms. The van der Waals surface area contributed by atoms with Crippen LogP contribution in [0.5, 0.6) is 5.75 Å². The van der Waals surface area contributed by atoms with Crippen LogP contribution < -0.4 is 10.1 Å². The molecular weight excluding hydrogens is 474 g/mol. The van der Waals surface area contributed by atoms with E-state index in [4.69, 9.17) is 9.47 Å². The predicted molar refractivity (Wildman–Crippen MR) is 143 cm³/mol. The largest absolute Gasteiger partial charge is 0.491 e. The van der Waals surface area contributed by atoms with E-state index in [9.17, 15) is 9.59 Å². The van der Waals surface area contributed by atoms with Crippen LogP contribution in [0.3, 0.4) is 0 Å². The second-order valence-electron chi connectivity index (χ2n) is 10.9. The summed E-state index contributed by atoms with van der Waals surface area (Å²) >= 11 is 1.73. The normalized spacial score (nSPS) is 19.6. The molecule has 1 N–H and O–H groups in total. The van der Waals surface area contributed by atoms with Gasteiger partial charge in [-0.15, -0.1) is 11.3 Å². The van der Waals surface area contributed by atoms with Crippen molar-refractivity contribution in [1.29, 1.82) is 0 Å². The zero-order valence-electron chi connectivity index (χ0n) is 22.1. The van der Waals surface area contributed by atoms with Gasteiger partial charge in [-0.3, -0.25) is 4.79 Å². The van der Waals surface area contributed by atoms with Crippen molar-refractivity contribution in [2.24, 2.45) is 0 Å². The summed E-state index contributed by atoms with van der Waals surface area (Å²) in [5, 5.41) is 5.11. The predicted octanol–water partition coefficient (Wildman–Crippen LogP) is 4.86. The summed E-state index contributed by atoms with van der Waals surface area (Å²) < 4.78 is 12.1. The van der Waals surface area contributed by atoms with Crippen molar-refractivity contribution in [3.63, 3.8) is 0 Å². The summed E-state index contributed by atoms with van der Waals surface area (Å²) in [4.78, 5) is 31.7. The van der Waals surface area contributed by atoms with Crippen LogP contribution in [-0.2, 0) is 16.0 Å². The average molecular weight is 514 g/mol. The summed E-state index contributed by atoms with van der Waals surface area (Å²) in [5.41, 5.74) is 3.02. The highest BCUT2D eigenvalue weighted by Crippen LogP contribution is 2.34. The lowest BCUT2D eigenvalue weighted by Crippen LogP contribution is -2.54. The molecule has 36 heavy (non-hydrogen) atoms. The number of rotatable bonds is 7.